The van der Waals surface area contributed by atoms with Gasteiger partial charge in [0.15, 0.2) is 0 Å². The number of rotatable bonds is 3. The number of nitriles is 1. The molecule has 0 aliphatic heterocycles. The third kappa shape index (κ3) is 2.70. The van der Waals surface area contributed by atoms with Crippen molar-refractivity contribution in [2.24, 2.45) is 0 Å². The number of hydrogen-bond acceptors (Lipinski definition) is 3. The topological polar surface area (TPSA) is 50.1 Å². The Morgan fingerprint density at radius 3 is 2.25 bits per heavy atom. The zero-order valence-electron chi connectivity index (χ0n) is 11.7. The van der Waals surface area contributed by atoms with E-state index in [-0.39, 0.29) is 0 Å². The first kappa shape index (κ1) is 13.8. The fraction of sp³-hybridized carbons (Fsp3) is 0.176. The third-order valence-corrected chi connectivity index (χ3v) is 3.15. The molecule has 3 nitrogen and oxygen atoms in total. The molecule has 0 amide bonds. The normalized spacial score (nSPS) is 9.90. The number of ether oxygens (including phenoxy) is 1. The average Bonchev–Trinajstić information content (AvgIpc) is 2.44. The van der Waals surface area contributed by atoms with Crippen molar-refractivity contribution >= 4 is 6.29 Å². The molecule has 0 N–H and O–H groups in total. The van der Waals surface area contributed by atoms with Crippen LogP contribution >= 0.6 is 0 Å². The molecule has 2 aromatic rings. The molecule has 0 bridgehead atoms. The maximum absolute atomic E-state index is 10.8. The Bertz CT molecular complexity index is 688. The third-order valence-electron chi connectivity index (χ3n) is 3.15. The molecule has 0 radical (unpaired) electrons. The summed E-state index contributed by atoms with van der Waals surface area (Å²) >= 11 is 0. The molecular weight excluding hydrogens is 250 g/mol. The van der Waals surface area contributed by atoms with E-state index < -0.39 is 0 Å². The second-order valence-electron chi connectivity index (χ2n) is 4.80. The van der Waals surface area contributed by atoms with Crippen LogP contribution in [0.5, 0.6) is 11.5 Å². The highest BCUT2D eigenvalue weighted by Gasteiger charge is 2.10. The summed E-state index contributed by atoms with van der Waals surface area (Å²) < 4.78 is 5.94. The number of benzene rings is 2. The number of carbonyl (C=O) groups is 1. The highest BCUT2D eigenvalue weighted by atomic mass is 16.5. The lowest BCUT2D eigenvalue weighted by molar-refractivity contribution is 0.112. The molecule has 100 valence electrons. The Morgan fingerprint density at radius 2 is 1.70 bits per heavy atom. The van der Waals surface area contributed by atoms with E-state index in [2.05, 4.69) is 6.07 Å². The summed E-state index contributed by atoms with van der Waals surface area (Å²) in [4.78, 5) is 10.8. The Kier molecular flexibility index (Phi) is 3.86. The van der Waals surface area contributed by atoms with Crippen molar-refractivity contribution in [3.05, 3.63) is 58.1 Å². The van der Waals surface area contributed by atoms with E-state index in [1.807, 2.05) is 26.8 Å². The molecule has 20 heavy (non-hydrogen) atoms. The number of nitrogens with zero attached hydrogens (tertiary/aromatic N) is 1. The molecule has 0 fully saturated rings. The van der Waals surface area contributed by atoms with Crippen LogP contribution in [0.4, 0.5) is 0 Å². The summed E-state index contributed by atoms with van der Waals surface area (Å²) in [7, 11) is 0. The highest BCUT2D eigenvalue weighted by Crippen LogP contribution is 2.31. The smallest absolute Gasteiger partial charge is 0.150 e. The van der Waals surface area contributed by atoms with Gasteiger partial charge in [-0.25, -0.2) is 0 Å². The number of aryl methyl sites for hydroxylation is 3. The Balaban J connectivity index is 2.45. The van der Waals surface area contributed by atoms with Gasteiger partial charge in [-0.2, -0.15) is 5.26 Å². The van der Waals surface area contributed by atoms with Gasteiger partial charge in [0.2, 0.25) is 0 Å². The van der Waals surface area contributed by atoms with Crippen LogP contribution in [0.15, 0.2) is 30.3 Å². The molecule has 0 saturated carbocycles. The number of aldehydes is 1. The maximum Gasteiger partial charge on any atom is 0.150 e. The number of hydrogen-bond donors (Lipinski definition) is 0. The van der Waals surface area contributed by atoms with Crippen molar-refractivity contribution in [2.75, 3.05) is 0 Å². The second kappa shape index (κ2) is 5.58. The van der Waals surface area contributed by atoms with Crippen molar-refractivity contribution in [1.29, 1.82) is 5.26 Å². The molecule has 0 aliphatic carbocycles. The Hall–Kier alpha value is -2.60. The van der Waals surface area contributed by atoms with Gasteiger partial charge in [0.25, 0.3) is 0 Å². The van der Waals surface area contributed by atoms with E-state index in [1.54, 1.807) is 24.3 Å². The maximum atomic E-state index is 10.8. The van der Waals surface area contributed by atoms with Gasteiger partial charge in [0, 0.05) is 5.56 Å². The molecule has 2 rings (SSSR count). The monoisotopic (exact) mass is 265 g/mol. The van der Waals surface area contributed by atoms with E-state index in [0.29, 0.717) is 16.9 Å². The minimum atomic E-state index is 0.578. The summed E-state index contributed by atoms with van der Waals surface area (Å²) in [5.41, 5.74) is 3.95. The summed E-state index contributed by atoms with van der Waals surface area (Å²) in [5.74, 6) is 1.39. The van der Waals surface area contributed by atoms with Crippen molar-refractivity contribution < 1.29 is 9.53 Å². The van der Waals surface area contributed by atoms with Gasteiger partial charge in [-0.1, -0.05) is 12.1 Å². The Morgan fingerprint density at radius 1 is 1.05 bits per heavy atom. The second-order valence-corrected chi connectivity index (χ2v) is 4.80. The van der Waals surface area contributed by atoms with Crippen molar-refractivity contribution in [3.8, 4) is 17.6 Å². The lowest BCUT2D eigenvalue weighted by Crippen LogP contribution is -1.95. The van der Waals surface area contributed by atoms with Crippen LogP contribution in [0.3, 0.4) is 0 Å². The largest absolute Gasteiger partial charge is 0.457 e. The zero-order valence-corrected chi connectivity index (χ0v) is 11.7. The van der Waals surface area contributed by atoms with E-state index in [9.17, 15) is 4.79 Å². The van der Waals surface area contributed by atoms with Gasteiger partial charge in [-0.3, -0.25) is 4.79 Å². The van der Waals surface area contributed by atoms with Crippen LogP contribution in [0, 0.1) is 32.1 Å². The van der Waals surface area contributed by atoms with Gasteiger partial charge < -0.3 is 4.74 Å². The lowest BCUT2D eigenvalue weighted by Gasteiger charge is -2.14. The highest BCUT2D eigenvalue weighted by molar-refractivity contribution is 5.76. The van der Waals surface area contributed by atoms with Crippen molar-refractivity contribution in [3.63, 3.8) is 0 Å². The van der Waals surface area contributed by atoms with Gasteiger partial charge in [0.05, 0.1) is 11.6 Å². The van der Waals surface area contributed by atoms with E-state index in [1.165, 1.54) is 0 Å². The van der Waals surface area contributed by atoms with Crippen molar-refractivity contribution in [1.82, 2.24) is 0 Å². The first-order valence-electron chi connectivity index (χ1n) is 6.30. The SMILES string of the molecule is Cc1ccc(C=O)cc1Oc1c(C)cc(C#N)cc1C. The van der Waals surface area contributed by atoms with E-state index >= 15 is 0 Å². The van der Waals surface area contributed by atoms with Gasteiger partial charge >= 0.3 is 0 Å². The summed E-state index contributed by atoms with van der Waals surface area (Å²) in [6, 6.07) is 11.0. The molecule has 0 atom stereocenters. The van der Waals surface area contributed by atoms with Gasteiger partial charge in [-0.15, -0.1) is 0 Å². The first-order valence-corrected chi connectivity index (χ1v) is 6.30. The molecule has 0 unspecified atom stereocenters. The molecule has 0 saturated heterocycles. The standard InChI is InChI=1S/C17H15NO2/c1-11-4-5-14(10-19)8-16(11)20-17-12(2)6-15(9-18)7-13(17)3/h4-8,10H,1-3H3. The predicted molar refractivity (Wildman–Crippen MR) is 77.3 cm³/mol. The van der Waals surface area contributed by atoms with Crippen LogP contribution < -0.4 is 4.74 Å². The summed E-state index contributed by atoms with van der Waals surface area (Å²) in [5, 5.41) is 8.95. The summed E-state index contributed by atoms with van der Waals surface area (Å²) in [6.07, 6.45) is 0.796. The molecule has 0 aliphatic rings. The summed E-state index contributed by atoms with van der Waals surface area (Å²) in [6.45, 7) is 5.74. The number of carbonyl (C=O) groups excluding carboxylic acids is 1. The van der Waals surface area contributed by atoms with E-state index in [0.717, 1.165) is 28.7 Å². The van der Waals surface area contributed by atoms with Crippen LogP contribution in [-0.4, -0.2) is 6.29 Å². The quantitative estimate of drug-likeness (QED) is 0.785. The molecule has 0 heterocycles. The lowest BCUT2D eigenvalue weighted by atomic mass is 10.1. The van der Waals surface area contributed by atoms with Gasteiger partial charge in [-0.05, 0) is 55.7 Å². The fourth-order valence-electron chi connectivity index (χ4n) is 2.09. The molecule has 2 aromatic carbocycles. The first-order chi connectivity index (χ1) is 9.55. The van der Waals surface area contributed by atoms with Gasteiger partial charge in [0.1, 0.15) is 17.8 Å². The molecule has 0 spiro atoms. The minimum Gasteiger partial charge on any atom is -0.457 e. The molecule has 3 heteroatoms. The molecule has 0 aromatic heterocycles. The van der Waals surface area contributed by atoms with Crippen LogP contribution in [0.2, 0.25) is 0 Å². The van der Waals surface area contributed by atoms with Crippen LogP contribution in [0.1, 0.15) is 32.6 Å². The Labute approximate surface area is 118 Å². The minimum absolute atomic E-state index is 0.578. The predicted octanol–water partition coefficient (Wildman–Crippen LogP) is 4.09. The van der Waals surface area contributed by atoms with Crippen molar-refractivity contribution in [2.45, 2.75) is 20.8 Å². The van der Waals surface area contributed by atoms with E-state index in [4.69, 9.17) is 10.00 Å². The fourth-order valence-corrected chi connectivity index (χ4v) is 2.09. The van der Waals surface area contributed by atoms with Crippen LogP contribution in [0.25, 0.3) is 0 Å². The zero-order chi connectivity index (χ0) is 14.7. The average molecular weight is 265 g/mol. The van der Waals surface area contributed by atoms with Crippen LogP contribution in [-0.2, 0) is 0 Å². The molecular formula is C17H15NO2.